The average molecular weight is 274 g/mol. The van der Waals surface area contributed by atoms with Crippen LogP contribution in [0.25, 0.3) is 0 Å². The second-order valence-corrected chi connectivity index (χ2v) is 3.96. The third-order valence-corrected chi connectivity index (χ3v) is 2.53. The molecule has 0 radical (unpaired) electrons. The quantitative estimate of drug-likeness (QED) is 0.666. The summed E-state index contributed by atoms with van der Waals surface area (Å²) in [6.45, 7) is -0.0615. The maximum Gasteiger partial charge on any atom is 0.257 e. The van der Waals surface area contributed by atoms with Crippen LogP contribution in [0.2, 0.25) is 0 Å². The van der Waals surface area contributed by atoms with Gasteiger partial charge < -0.3 is 20.9 Å². The molecule has 0 fully saturated rings. The number of amides is 1. The molecule has 0 spiro atoms. The second kappa shape index (κ2) is 7.01. The van der Waals surface area contributed by atoms with Gasteiger partial charge in [0.05, 0.1) is 18.3 Å². The highest BCUT2D eigenvalue weighted by Crippen LogP contribution is 2.18. The predicted octanol–water partition coefficient (Wildman–Crippen LogP) is 0.674. The molecule has 0 aliphatic carbocycles. The maximum absolute atomic E-state index is 13.6. The van der Waals surface area contributed by atoms with E-state index in [2.05, 4.69) is 5.32 Å². The minimum Gasteiger partial charge on any atom is -0.396 e. The molecule has 0 saturated carbocycles. The van der Waals surface area contributed by atoms with Crippen LogP contribution in [0.15, 0.2) is 12.1 Å². The first-order valence-electron chi connectivity index (χ1n) is 5.65. The number of methoxy groups -OCH3 is 1. The van der Waals surface area contributed by atoms with Crippen LogP contribution in [0.4, 0.5) is 14.5 Å². The maximum atomic E-state index is 13.6. The van der Waals surface area contributed by atoms with Crippen molar-refractivity contribution in [2.24, 2.45) is 0 Å². The minimum atomic E-state index is -1.10. The van der Waals surface area contributed by atoms with Crippen LogP contribution in [0.5, 0.6) is 0 Å². The van der Waals surface area contributed by atoms with Crippen LogP contribution in [0.3, 0.4) is 0 Å². The molecule has 0 saturated heterocycles. The molecule has 0 bridgehead atoms. The Hall–Kier alpha value is -1.73. The monoisotopic (exact) mass is 274 g/mol. The summed E-state index contributed by atoms with van der Waals surface area (Å²) in [4.78, 5) is 11.8. The Labute approximate surface area is 109 Å². The van der Waals surface area contributed by atoms with Gasteiger partial charge in [-0.15, -0.1) is 0 Å². The van der Waals surface area contributed by atoms with E-state index in [0.29, 0.717) is 0 Å². The molecule has 0 aromatic heterocycles. The van der Waals surface area contributed by atoms with Crippen LogP contribution in [0.1, 0.15) is 16.8 Å². The van der Waals surface area contributed by atoms with Gasteiger partial charge in [-0.3, -0.25) is 4.79 Å². The highest BCUT2D eigenvalue weighted by Gasteiger charge is 2.22. The predicted molar refractivity (Wildman–Crippen MR) is 65.6 cm³/mol. The number of nitrogens with two attached hydrogens (primary N) is 1. The number of hydrogen-bond donors (Lipinski definition) is 3. The van der Waals surface area contributed by atoms with Crippen molar-refractivity contribution in [3.63, 3.8) is 0 Å². The summed E-state index contributed by atoms with van der Waals surface area (Å²) >= 11 is 0. The van der Waals surface area contributed by atoms with Crippen LogP contribution in [-0.2, 0) is 4.74 Å². The average Bonchev–Trinajstić information content (AvgIpc) is 2.35. The number of carbonyl (C=O) groups is 1. The number of hydrogen-bond acceptors (Lipinski definition) is 4. The third-order valence-electron chi connectivity index (χ3n) is 2.53. The lowest BCUT2D eigenvalue weighted by atomic mass is 10.1. The SMILES string of the molecule is COCC(CCO)NC(=O)c1c(F)ccc(N)c1F. The van der Waals surface area contributed by atoms with E-state index >= 15 is 0 Å². The molecule has 7 heteroatoms. The third kappa shape index (κ3) is 3.87. The molecule has 0 aliphatic rings. The molecule has 1 aromatic carbocycles. The Kier molecular flexibility index (Phi) is 5.65. The summed E-state index contributed by atoms with van der Waals surface area (Å²) in [5, 5.41) is 11.2. The van der Waals surface area contributed by atoms with Crippen molar-refractivity contribution in [1.82, 2.24) is 5.32 Å². The lowest BCUT2D eigenvalue weighted by Crippen LogP contribution is -2.39. The molecule has 0 heterocycles. The Morgan fingerprint density at radius 3 is 2.79 bits per heavy atom. The summed E-state index contributed by atoms with van der Waals surface area (Å²) in [7, 11) is 1.41. The van der Waals surface area contributed by atoms with Gasteiger partial charge in [-0.1, -0.05) is 0 Å². The van der Waals surface area contributed by atoms with Gasteiger partial charge in [0, 0.05) is 13.7 Å². The number of ether oxygens (including phenoxy) is 1. The van der Waals surface area contributed by atoms with Crippen molar-refractivity contribution in [2.75, 3.05) is 26.1 Å². The first-order valence-corrected chi connectivity index (χ1v) is 5.65. The zero-order valence-corrected chi connectivity index (χ0v) is 10.5. The van der Waals surface area contributed by atoms with E-state index in [0.717, 1.165) is 12.1 Å². The van der Waals surface area contributed by atoms with Crippen molar-refractivity contribution in [3.8, 4) is 0 Å². The highest BCUT2D eigenvalue weighted by molar-refractivity contribution is 5.95. The van der Waals surface area contributed by atoms with E-state index in [1.54, 1.807) is 0 Å². The molecule has 1 rings (SSSR count). The van der Waals surface area contributed by atoms with Gasteiger partial charge in [0.1, 0.15) is 11.4 Å². The largest absolute Gasteiger partial charge is 0.396 e. The molecule has 1 amide bonds. The summed E-state index contributed by atoms with van der Waals surface area (Å²) < 4.78 is 31.9. The first kappa shape index (κ1) is 15.3. The molecular formula is C12H16F2N2O3. The molecule has 4 N–H and O–H groups in total. The number of nitrogens with one attached hydrogen (secondary N) is 1. The van der Waals surface area contributed by atoms with Gasteiger partial charge in [0.25, 0.3) is 5.91 Å². The molecular weight excluding hydrogens is 258 g/mol. The fourth-order valence-corrected chi connectivity index (χ4v) is 1.59. The zero-order valence-electron chi connectivity index (χ0n) is 10.5. The van der Waals surface area contributed by atoms with E-state index < -0.39 is 29.1 Å². The van der Waals surface area contributed by atoms with Crippen LogP contribution in [0, 0.1) is 11.6 Å². The number of benzene rings is 1. The number of aliphatic hydroxyl groups is 1. The minimum absolute atomic E-state index is 0.123. The molecule has 1 atom stereocenters. The molecule has 106 valence electrons. The summed E-state index contributed by atoms with van der Waals surface area (Å²) in [6.07, 6.45) is 0.213. The standard InChI is InChI=1S/C12H16F2N2O3/c1-19-6-7(4-5-17)16-12(18)10-8(13)2-3-9(15)11(10)14/h2-3,7,17H,4-6,15H2,1H3,(H,16,18). The number of nitrogen functional groups attached to an aromatic ring is 1. The molecule has 5 nitrogen and oxygen atoms in total. The van der Waals surface area contributed by atoms with E-state index in [4.69, 9.17) is 15.6 Å². The number of halogens is 2. The number of anilines is 1. The smallest absolute Gasteiger partial charge is 0.257 e. The second-order valence-electron chi connectivity index (χ2n) is 3.96. The zero-order chi connectivity index (χ0) is 14.4. The van der Waals surface area contributed by atoms with Crippen molar-refractivity contribution in [1.29, 1.82) is 0 Å². The molecule has 19 heavy (non-hydrogen) atoms. The Balaban J connectivity index is 2.91. The Morgan fingerprint density at radius 2 is 2.21 bits per heavy atom. The van der Waals surface area contributed by atoms with Crippen LogP contribution >= 0.6 is 0 Å². The van der Waals surface area contributed by atoms with Crippen molar-refractivity contribution < 1.29 is 23.4 Å². The molecule has 1 unspecified atom stereocenters. The van der Waals surface area contributed by atoms with E-state index in [1.165, 1.54) is 7.11 Å². The van der Waals surface area contributed by atoms with Gasteiger partial charge in [-0.25, -0.2) is 8.78 Å². The fraction of sp³-hybridized carbons (Fsp3) is 0.417. The van der Waals surface area contributed by atoms with Gasteiger partial charge >= 0.3 is 0 Å². The van der Waals surface area contributed by atoms with Gasteiger partial charge in [-0.05, 0) is 18.6 Å². The van der Waals surface area contributed by atoms with E-state index in [1.807, 2.05) is 0 Å². The van der Waals surface area contributed by atoms with Crippen LogP contribution in [-0.4, -0.2) is 37.4 Å². The van der Waals surface area contributed by atoms with Gasteiger partial charge in [-0.2, -0.15) is 0 Å². The van der Waals surface area contributed by atoms with E-state index in [-0.39, 0.29) is 25.3 Å². The highest BCUT2D eigenvalue weighted by atomic mass is 19.1. The lowest BCUT2D eigenvalue weighted by molar-refractivity contribution is 0.0870. The first-order chi connectivity index (χ1) is 9.01. The number of carbonyl (C=O) groups excluding carboxylic acids is 1. The molecule has 1 aromatic rings. The summed E-state index contributed by atoms with van der Waals surface area (Å²) in [5.74, 6) is -3.03. The molecule has 0 aliphatic heterocycles. The van der Waals surface area contributed by atoms with Gasteiger partial charge in [0.15, 0.2) is 5.82 Å². The lowest BCUT2D eigenvalue weighted by Gasteiger charge is -2.17. The number of aliphatic hydroxyl groups excluding tert-OH is 1. The summed E-state index contributed by atoms with van der Waals surface area (Å²) in [5.41, 5.74) is 4.24. The van der Waals surface area contributed by atoms with Crippen molar-refractivity contribution >= 4 is 11.6 Å². The Morgan fingerprint density at radius 1 is 1.53 bits per heavy atom. The fourth-order valence-electron chi connectivity index (χ4n) is 1.59. The Bertz CT molecular complexity index is 449. The summed E-state index contributed by atoms with van der Waals surface area (Å²) in [6, 6.07) is 1.43. The topological polar surface area (TPSA) is 84.6 Å². The van der Waals surface area contributed by atoms with Crippen molar-refractivity contribution in [3.05, 3.63) is 29.3 Å². The van der Waals surface area contributed by atoms with Crippen molar-refractivity contribution in [2.45, 2.75) is 12.5 Å². The number of rotatable bonds is 6. The van der Waals surface area contributed by atoms with E-state index in [9.17, 15) is 13.6 Å². The van der Waals surface area contributed by atoms with Crippen LogP contribution < -0.4 is 11.1 Å². The van der Waals surface area contributed by atoms with Gasteiger partial charge in [0.2, 0.25) is 0 Å². The normalized spacial score (nSPS) is 12.2.